The van der Waals surface area contributed by atoms with Crippen molar-refractivity contribution in [2.75, 3.05) is 0 Å². The Bertz CT molecular complexity index is 1110. The topological polar surface area (TPSA) is 24.4 Å². The van der Waals surface area contributed by atoms with Crippen molar-refractivity contribution >= 4 is 12.0 Å². The average Bonchev–Trinajstić information content (AvgIpc) is 2.80. The highest BCUT2D eigenvalue weighted by Crippen LogP contribution is 2.33. The zero-order valence-electron chi connectivity index (χ0n) is 15.4. The van der Waals surface area contributed by atoms with Crippen LogP contribution in [-0.2, 0) is 0 Å². The number of hydrogen-bond acceptors (Lipinski definition) is 2. The molecule has 1 aliphatic heterocycles. The predicted octanol–water partition coefficient (Wildman–Crippen LogP) is 6.37. The summed E-state index contributed by atoms with van der Waals surface area (Å²) in [6.07, 6.45) is 1.79. The van der Waals surface area contributed by atoms with E-state index in [1.807, 2.05) is 12.1 Å². The first-order chi connectivity index (χ1) is 13.9. The zero-order chi connectivity index (χ0) is 18.8. The van der Waals surface area contributed by atoms with E-state index >= 15 is 0 Å². The first-order valence-corrected chi connectivity index (χ1v) is 9.52. The van der Waals surface area contributed by atoms with Gasteiger partial charge in [-0.15, -0.1) is 0 Å². The van der Waals surface area contributed by atoms with Crippen LogP contribution >= 0.6 is 0 Å². The van der Waals surface area contributed by atoms with E-state index in [9.17, 15) is 0 Å². The van der Waals surface area contributed by atoms with Gasteiger partial charge in [0.15, 0.2) is 0 Å². The van der Waals surface area contributed by atoms with Crippen molar-refractivity contribution in [2.24, 2.45) is 4.99 Å². The minimum absolute atomic E-state index is 0.142. The Morgan fingerprint density at radius 2 is 1.07 bits per heavy atom. The van der Waals surface area contributed by atoms with Gasteiger partial charge in [0.25, 0.3) is 0 Å². The van der Waals surface area contributed by atoms with E-state index in [0.717, 1.165) is 5.69 Å². The summed E-state index contributed by atoms with van der Waals surface area (Å²) in [5.74, 6) is 0. The van der Waals surface area contributed by atoms with Gasteiger partial charge in [0.2, 0.25) is 0 Å². The smallest absolute Gasteiger partial charge is 0.0893 e. The molecule has 0 amide bonds. The highest BCUT2D eigenvalue weighted by molar-refractivity contribution is 5.72. The summed E-state index contributed by atoms with van der Waals surface area (Å²) >= 11 is 0. The van der Waals surface area contributed by atoms with Gasteiger partial charge in [-0.1, -0.05) is 97.1 Å². The number of nitrogens with zero attached hydrogens (tertiary/aromatic N) is 1. The second kappa shape index (κ2) is 7.16. The number of rotatable bonds is 3. The van der Waals surface area contributed by atoms with Gasteiger partial charge in [-0.2, -0.15) is 0 Å². The Kier molecular flexibility index (Phi) is 4.23. The molecule has 2 nitrogen and oxygen atoms in total. The Morgan fingerprint density at radius 1 is 0.536 bits per heavy atom. The van der Waals surface area contributed by atoms with Crippen LogP contribution in [0.3, 0.4) is 0 Å². The SMILES string of the molecule is C1=Nc2ccccc2C(c2ccc(-c3ccc(-c4ccccc4)cc3)cc2)N1. The van der Waals surface area contributed by atoms with Crippen LogP contribution in [0.25, 0.3) is 22.3 Å². The van der Waals surface area contributed by atoms with Crippen LogP contribution < -0.4 is 5.32 Å². The number of benzene rings is 4. The monoisotopic (exact) mass is 360 g/mol. The summed E-state index contributed by atoms with van der Waals surface area (Å²) in [5, 5.41) is 3.38. The molecular formula is C26H20N2. The predicted molar refractivity (Wildman–Crippen MR) is 117 cm³/mol. The van der Waals surface area contributed by atoms with Gasteiger partial charge in [-0.3, -0.25) is 0 Å². The summed E-state index contributed by atoms with van der Waals surface area (Å²) in [5.41, 5.74) is 8.42. The fourth-order valence-corrected chi connectivity index (χ4v) is 3.75. The normalized spacial score (nSPS) is 14.9. The van der Waals surface area contributed by atoms with Crippen molar-refractivity contribution in [3.05, 3.63) is 114 Å². The lowest BCUT2D eigenvalue weighted by atomic mass is 9.94. The van der Waals surface area contributed by atoms with E-state index in [2.05, 4.69) is 101 Å². The molecule has 1 unspecified atom stereocenters. The molecule has 1 heterocycles. The largest absolute Gasteiger partial charge is 0.365 e. The summed E-state index contributed by atoms with van der Waals surface area (Å²) in [6.45, 7) is 0. The lowest BCUT2D eigenvalue weighted by Crippen LogP contribution is -2.23. The van der Waals surface area contributed by atoms with Crippen molar-refractivity contribution in [3.63, 3.8) is 0 Å². The third-order valence-corrected chi connectivity index (χ3v) is 5.26. The molecule has 4 aromatic carbocycles. The fourth-order valence-electron chi connectivity index (χ4n) is 3.75. The molecule has 0 bridgehead atoms. The van der Waals surface area contributed by atoms with Crippen molar-refractivity contribution in [2.45, 2.75) is 6.04 Å². The number of para-hydroxylation sites is 1. The van der Waals surface area contributed by atoms with Crippen LogP contribution in [0.15, 0.2) is 108 Å². The van der Waals surface area contributed by atoms with E-state index in [4.69, 9.17) is 0 Å². The molecule has 28 heavy (non-hydrogen) atoms. The van der Waals surface area contributed by atoms with E-state index < -0.39 is 0 Å². The van der Waals surface area contributed by atoms with Crippen LogP contribution in [0.5, 0.6) is 0 Å². The van der Waals surface area contributed by atoms with Crippen LogP contribution in [0.2, 0.25) is 0 Å². The second-order valence-corrected chi connectivity index (χ2v) is 6.98. The minimum Gasteiger partial charge on any atom is -0.365 e. The highest BCUT2D eigenvalue weighted by atomic mass is 15.0. The summed E-state index contributed by atoms with van der Waals surface area (Å²) in [7, 11) is 0. The van der Waals surface area contributed by atoms with E-state index in [-0.39, 0.29) is 6.04 Å². The number of hydrogen-bond donors (Lipinski definition) is 1. The molecule has 134 valence electrons. The van der Waals surface area contributed by atoms with Gasteiger partial charge in [0, 0.05) is 5.56 Å². The lowest BCUT2D eigenvalue weighted by Gasteiger charge is -2.23. The molecule has 5 rings (SSSR count). The van der Waals surface area contributed by atoms with Crippen LogP contribution in [0.1, 0.15) is 17.2 Å². The third kappa shape index (κ3) is 3.10. The molecule has 1 aliphatic rings. The number of nitrogens with one attached hydrogen (secondary N) is 1. The Labute approximate surface area is 165 Å². The maximum absolute atomic E-state index is 4.43. The Balaban J connectivity index is 1.41. The van der Waals surface area contributed by atoms with Crippen molar-refractivity contribution in [1.29, 1.82) is 0 Å². The van der Waals surface area contributed by atoms with Gasteiger partial charge in [-0.25, -0.2) is 4.99 Å². The fraction of sp³-hybridized carbons (Fsp3) is 0.0385. The molecule has 4 aromatic rings. The second-order valence-electron chi connectivity index (χ2n) is 6.98. The highest BCUT2D eigenvalue weighted by Gasteiger charge is 2.18. The molecule has 0 aromatic heterocycles. The Hall–Kier alpha value is -3.65. The van der Waals surface area contributed by atoms with Crippen molar-refractivity contribution < 1.29 is 0 Å². The quantitative estimate of drug-likeness (QED) is 0.451. The maximum Gasteiger partial charge on any atom is 0.0893 e. The molecule has 0 saturated heterocycles. The summed E-state index contributed by atoms with van der Waals surface area (Å²) in [4.78, 5) is 4.43. The van der Waals surface area contributed by atoms with Gasteiger partial charge in [0.05, 0.1) is 18.1 Å². The zero-order valence-corrected chi connectivity index (χ0v) is 15.4. The summed E-state index contributed by atoms with van der Waals surface area (Å²) in [6, 6.07) is 36.5. The van der Waals surface area contributed by atoms with Crippen molar-refractivity contribution in [3.8, 4) is 22.3 Å². The van der Waals surface area contributed by atoms with Crippen LogP contribution in [0.4, 0.5) is 5.69 Å². The van der Waals surface area contributed by atoms with Gasteiger partial charge < -0.3 is 5.32 Å². The minimum atomic E-state index is 0.142. The lowest BCUT2D eigenvalue weighted by molar-refractivity contribution is 0.762. The van der Waals surface area contributed by atoms with Gasteiger partial charge in [0.1, 0.15) is 0 Å². The van der Waals surface area contributed by atoms with E-state index in [1.54, 1.807) is 6.34 Å². The average molecular weight is 360 g/mol. The first-order valence-electron chi connectivity index (χ1n) is 9.52. The first kappa shape index (κ1) is 16.5. The molecule has 1 atom stereocenters. The molecule has 0 saturated carbocycles. The van der Waals surface area contributed by atoms with Crippen molar-refractivity contribution in [1.82, 2.24) is 5.32 Å². The molecule has 0 fully saturated rings. The standard InChI is InChI=1S/C26H20N2/c1-2-6-19(7-3-1)20-10-12-21(13-11-20)22-14-16-23(17-15-22)26-24-8-4-5-9-25(24)27-18-28-26/h1-18,26H,(H,27,28). The Morgan fingerprint density at radius 3 is 1.75 bits per heavy atom. The molecule has 0 radical (unpaired) electrons. The van der Waals surface area contributed by atoms with Crippen LogP contribution in [0, 0.1) is 0 Å². The molecule has 1 N–H and O–H groups in total. The van der Waals surface area contributed by atoms with E-state index in [1.165, 1.54) is 33.4 Å². The number of aliphatic imine (C=N–C) groups is 1. The van der Waals surface area contributed by atoms with Crippen LogP contribution in [-0.4, -0.2) is 6.34 Å². The third-order valence-electron chi connectivity index (χ3n) is 5.26. The van der Waals surface area contributed by atoms with E-state index in [0.29, 0.717) is 0 Å². The summed E-state index contributed by atoms with van der Waals surface area (Å²) < 4.78 is 0. The number of fused-ring (bicyclic) bond motifs is 1. The molecular weight excluding hydrogens is 340 g/mol. The molecule has 2 heteroatoms. The maximum atomic E-state index is 4.43. The van der Waals surface area contributed by atoms with Gasteiger partial charge in [-0.05, 0) is 33.9 Å². The molecule has 0 spiro atoms. The molecule has 0 aliphatic carbocycles. The van der Waals surface area contributed by atoms with Gasteiger partial charge >= 0.3 is 0 Å².